The number of benzene rings is 2. The Morgan fingerprint density at radius 1 is 1.06 bits per heavy atom. The molecule has 17 heavy (non-hydrogen) atoms. The van der Waals surface area contributed by atoms with E-state index in [1.165, 1.54) is 6.07 Å². The molecule has 0 spiro atoms. The Bertz CT molecular complexity index is 576. The number of rotatable bonds is 2. The molecule has 0 aliphatic rings. The number of hydrogen-bond donors (Lipinski definition) is 2. The number of aryl methyl sites for hydroxylation is 1. The molecule has 0 saturated carbocycles. The van der Waals surface area contributed by atoms with Crippen molar-refractivity contribution in [3.05, 3.63) is 53.6 Å². The molecule has 2 aromatic carbocycles. The first kappa shape index (κ1) is 11.2. The van der Waals surface area contributed by atoms with Crippen molar-refractivity contribution in [3.8, 4) is 11.1 Å². The molecule has 0 radical (unpaired) electrons. The molecule has 0 bridgehead atoms. The molecular weight excluding hydrogens is 214 g/mol. The minimum Gasteiger partial charge on any atom is -0.478 e. The van der Waals surface area contributed by atoms with Gasteiger partial charge in [0.25, 0.3) is 0 Å². The molecule has 0 heterocycles. The van der Waals surface area contributed by atoms with Crippen LogP contribution in [0.3, 0.4) is 0 Å². The lowest BCUT2D eigenvalue weighted by Crippen LogP contribution is -2.03. The van der Waals surface area contributed by atoms with Crippen LogP contribution in [0.25, 0.3) is 11.1 Å². The van der Waals surface area contributed by atoms with Crippen LogP contribution in [0.2, 0.25) is 0 Å². The molecule has 0 aromatic heterocycles. The largest absolute Gasteiger partial charge is 0.478 e. The van der Waals surface area contributed by atoms with E-state index in [9.17, 15) is 4.79 Å². The number of para-hydroxylation sites is 1. The summed E-state index contributed by atoms with van der Waals surface area (Å²) in [4.78, 5) is 11.0. The summed E-state index contributed by atoms with van der Waals surface area (Å²) < 4.78 is 0. The van der Waals surface area contributed by atoms with Gasteiger partial charge in [-0.2, -0.15) is 0 Å². The quantitative estimate of drug-likeness (QED) is 0.775. The molecule has 0 amide bonds. The second-order valence-electron chi connectivity index (χ2n) is 3.89. The van der Waals surface area contributed by atoms with Crippen LogP contribution in [-0.4, -0.2) is 11.1 Å². The molecule has 3 heteroatoms. The van der Waals surface area contributed by atoms with E-state index in [0.717, 1.165) is 16.7 Å². The average molecular weight is 227 g/mol. The first-order valence-electron chi connectivity index (χ1n) is 5.29. The number of nitrogen functional groups attached to an aromatic ring is 1. The molecule has 86 valence electrons. The van der Waals surface area contributed by atoms with Crippen LogP contribution in [0.5, 0.6) is 0 Å². The normalized spacial score (nSPS) is 10.2. The highest BCUT2D eigenvalue weighted by molar-refractivity contribution is 5.98. The van der Waals surface area contributed by atoms with Crippen molar-refractivity contribution < 1.29 is 9.90 Å². The molecule has 0 atom stereocenters. The van der Waals surface area contributed by atoms with Crippen LogP contribution in [0.15, 0.2) is 42.5 Å². The van der Waals surface area contributed by atoms with Gasteiger partial charge >= 0.3 is 5.97 Å². The minimum atomic E-state index is -1.00. The van der Waals surface area contributed by atoms with E-state index in [2.05, 4.69) is 0 Å². The van der Waals surface area contributed by atoms with Crippen LogP contribution in [-0.2, 0) is 0 Å². The van der Waals surface area contributed by atoms with E-state index < -0.39 is 5.97 Å². The second kappa shape index (κ2) is 4.29. The zero-order valence-corrected chi connectivity index (χ0v) is 9.47. The molecule has 0 saturated heterocycles. The number of carboxylic acids is 1. The van der Waals surface area contributed by atoms with E-state index >= 15 is 0 Å². The molecule has 0 fully saturated rings. The summed E-state index contributed by atoms with van der Waals surface area (Å²) in [5.74, 6) is -1.00. The van der Waals surface area contributed by atoms with Crippen molar-refractivity contribution in [2.75, 3.05) is 5.73 Å². The molecule has 0 aliphatic carbocycles. The Morgan fingerprint density at radius 3 is 2.35 bits per heavy atom. The summed E-state index contributed by atoms with van der Waals surface area (Å²) in [6.07, 6.45) is 0. The topological polar surface area (TPSA) is 63.3 Å². The number of anilines is 1. The van der Waals surface area contributed by atoms with Crippen LogP contribution in [0.4, 0.5) is 5.69 Å². The molecule has 0 unspecified atom stereocenters. The lowest BCUT2D eigenvalue weighted by Gasteiger charge is -2.10. The summed E-state index contributed by atoms with van der Waals surface area (Å²) in [5.41, 5.74) is 9.17. The highest BCUT2D eigenvalue weighted by atomic mass is 16.4. The van der Waals surface area contributed by atoms with Gasteiger partial charge in [-0.25, -0.2) is 4.79 Å². The zero-order valence-electron chi connectivity index (χ0n) is 9.47. The number of nitrogens with two attached hydrogens (primary N) is 1. The number of carboxylic acid groups (broad SMARTS) is 1. The van der Waals surface area contributed by atoms with Gasteiger partial charge in [0.1, 0.15) is 0 Å². The Labute approximate surface area is 99.5 Å². The lowest BCUT2D eigenvalue weighted by atomic mass is 9.97. The number of hydrogen-bond acceptors (Lipinski definition) is 2. The predicted octanol–water partition coefficient (Wildman–Crippen LogP) is 2.94. The first-order valence-corrected chi connectivity index (χ1v) is 5.29. The fourth-order valence-electron chi connectivity index (χ4n) is 1.86. The molecule has 2 aromatic rings. The smallest absolute Gasteiger partial charge is 0.337 e. The van der Waals surface area contributed by atoms with Gasteiger partial charge in [0, 0.05) is 5.56 Å². The van der Waals surface area contributed by atoms with Crippen LogP contribution in [0.1, 0.15) is 15.9 Å². The lowest BCUT2D eigenvalue weighted by molar-refractivity contribution is 0.0698. The van der Waals surface area contributed by atoms with Gasteiger partial charge in [0.05, 0.1) is 11.3 Å². The van der Waals surface area contributed by atoms with Crippen molar-refractivity contribution in [2.45, 2.75) is 6.92 Å². The maximum atomic E-state index is 11.0. The molecule has 3 N–H and O–H groups in total. The van der Waals surface area contributed by atoms with E-state index in [1.807, 2.05) is 37.3 Å². The maximum Gasteiger partial charge on any atom is 0.337 e. The van der Waals surface area contributed by atoms with Gasteiger partial charge in [-0.1, -0.05) is 36.4 Å². The fourth-order valence-corrected chi connectivity index (χ4v) is 1.86. The van der Waals surface area contributed by atoms with Gasteiger partial charge in [0.15, 0.2) is 0 Å². The molecular formula is C14H13NO2. The first-order chi connectivity index (χ1) is 8.11. The average Bonchev–Trinajstić information content (AvgIpc) is 2.30. The van der Waals surface area contributed by atoms with Crippen LogP contribution < -0.4 is 5.73 Å². The monoisotopic (exact) mass is 227 g/mol. The standard InChI is InChI=1S/C14H13NO2/c1-9-5-2-3-6-10(9)11-7-4-8-12(13(11)15)14(16)17/h2-8H,15H2,1H3,(H,16,17). The summed E-state index contributed by atoms with van der Waals surface area (Å²) in [6, 6.07) is 12.8. The molecule has 3 nitrogen and oxygen atoms in total. The van der Waals surface area contributed by atoms with Gasteiger partial charge in [-0.15, -0.1) is 0 Å². The SMILES string of the molecule is Cc1ccccc1-c1cccc(C(=O)O)c1N. The number of aromatic carboxylic acids is 1. The molecule has 2 rings (SSSR count). The van der Waals surface area contributed by atoms with E-state index in [0.29, 0.717) is 5.69 Å². The highest BCUT2D eigenvalue weighted by Crippen LogP contribution is 2.30. The van der Waals surface area contributed by atoms with Crippen molar-refractivity contribution in [1.29, 1.82) is 0 Å². The van der Waals surface area contributed by atoms with E-state index in [4.69, 9.17) is 10.8 Å². The third kappa shape index (κ3) is 1.99. The molecule has 0 aliphatic heterocycles. The van der Waals surface area contributed by atoms with Gasteiger partial charge < -0.3 is 10.8 Å². The van der Waals surface area contributed by atoms with Crippen molar-refractivity contribution >= 4 is 11.7 Å². The van der Waals surface area contributed by atoms with Crippen molar-refractivity contribution in [3.63, 3.8) is 0 Å². The van der Waals surface area contributed by atoms with E-state index in [-0.39, 0.29) is 5.56 Å². The van der Waals surface area contributed by atoms with Gasteiger partial charge in [-0.3, -0.25) is 0 Å². The van der Waals surface area contributed by atoms with Crippen LogP contribution in [0, 0.1) is 6.92 Å². The Balaban J connectivity index is 2.65. The Hall–Kier alpha value is -2.29. The summed E-state index contributed by atoms with van der Waals surface area (Å²) in [5, 5.41) is 9.03. The van der Waals surface area contributed by atoms with Crippen molar-refractivity contribution in [1.82, 2.24) is 0 Å². The second-order valence-corrected chi connectivity index (χ2v) is 3.89. The third-order valence-corrected chi connectivity index (χ3v) is 2.77. The van der Waals surface area contributed by atoms with Crippen molar-refractivity contribution in [2.24, 2.45) is 0 Å². The predicted molar refractivity (Wildman–Crippen MR) is 68.0 cm³/mol. The van der Waals surface area contributed by atoms with E-state index in [1.54, 1.807) is 6.07 Å². The Kier molecular flexibility index (Phi) is 2.83. The summed E-state index contributed by atoms with van der Waals surface area (Å²) in [7, 11) is 0. The van der Waals surface area contributed by atoms with Crippen LogP contribution >= 0.6 is 0 Å². The highest BCUT2D eigenvalue weighted by Gasteiger charge is 2.12. The third-order valence-electron chi connectivity index (χ3n) is 2.77. The summed E-state index contributed by atoms with van der Waals surface area (Å²) in [6.45, 7) is 1.97. The van der Waals surface area contributed by atoms with Gasteiger partial charge in [-0.05, 0) is 24.1 Å². The summed E-state index contributed by atoms with van der Waals surface area (Å²) >= 11 is 0. The minimum absolute atomic E-state index is 0.144. The zero-order chi connectivity index (χ0) is 12.4. The maximum absolute atomic E-state index is 11.0. The Morgan fingerprint density at radius 2 is 1.71 bits per heavy atom. The fraction of sp³-hybridized carbons (Fsp3) is 0.0714. The number of carbonyl (C=O) groups is 1. The van der Waals surface area contributed by atoms with Gasteiger partial charge in [0.2, 0.25) is 0 Å².